The summed E-state index contributed by atoms with van der Waals surface area (Å²) >= 11 is 1.42. The van der Waals surface area contributed by atoms with Gasteiger partial charge in [0.15, 0.2) is 0 Å². The minimum Gasteiger partial charge on any atom is -0.390 e. The van der Waals surface area contributed by atoms with E-state index in [1.165, 1.54) is 11.8 Å². The van der Waals surface area contributed by atoms with Gasteiger partial charge in [0, 0.05) is 5.75 Å². The number of aromatic amines is 1. The molecule has 15 heavy (non-hydrogen) atoms. The molecule has 0 fully saturated rings. The quantitative estimate of drug-likeness (QED) is 0.714. The Balaban J connectivity index is 2.19. The minimum atomic E-state index is -0.476. The summed E-state index contributed by atoms with van der Waals surface area (Å²) in [5.41, 5.74) is 0. The Kier molecular flexibility index (Phi) is 5.07. The molecule has 0 aliphatic rings. The van der Waals surface area contributed by atoms with Gasteiger partial charge in [0.1, 0.15) is 5.82 Å². The first kappa shape index (κ1) is 12.5. The number of aromatic nitrogens is 3. The van der Waals surface area contributed by atoms with Crippen molar-refractivity contribution in [3.8, 4) is 0 Å². The maximum Gasteiger partial charge on any atom is 0.208 e. The molecule has 6 heteroatoms. The highest BCUT2D eigenvalue weighted by Crippen LogP contribution is 2.13. The van der Waals surface area contributed by atoms with Crippen LogP contribution in [0.3, 0.4) is 0 Å². The molecule has 0 spiro atoms. The summed E-state index contributed by atoms with van der Waals surface area (Å²) in [6, 6.07) is 0. The van der Waals surface area contributed by atoms with E-state index in [4.69, 9.17) is 4.74 Å². The van der Waals surface area contributed by atoms with E-state index in [0.717, 1.165) is 5.82 Å². The lowest BCUT2D eigenvalue weighted by molar-refractivity contribution is 0.0152. The number of thioether (sulfide) groups is 1. The van der Waals surface area contributed by atoms with E-state index in [1.807, 2.05) is 20.8 Å². The second-order valence-electron chi connectivity index (χ2n) is 3.55. The largest absolute Gasteiger partial charge is 0.390 e. The molecule has 0 bridgehead atoms. The minimum absolute atomic E-state index is 0.149. The van der Waals surface area contributed by atoms with Gasteiger partial charge in [-0.2, -0.15) is 0 Å². The SMILES string of the molecule is Cc1nc(SCC(O)COC(C)C)n[nH]1. The van der Waals surface area contributed by atoms with Crippen LogP contribution in [0.4, 0.5) is 0 Å². The molecule has 0 saturated carbocycles. The van der Waals surface area contributed by atoms with Gasteiger partial charge in [-0.25, -0.2) is 4.98 Å². The standard InChI is InChI=1S/C9H17N3O2S/c1-6(2)14-4-8(13)5-15-9-10-7(3)11-12-9/h6,8,13H,4-5H2,1-3H3,(H,10,11,12). The molecule has 86 valence electrons. The number of nitrogens with one attached hydrogen (secondary N) is 1. The number of hydrogen-bond donors (Lipinski definition) is 2. The third-order valence-electron chi connectivity index (χ3n) is 1.60. The summed E-state index contributed by atoms with van der Waals surface area (Å²) in [5, 5.41) is 16.9. The van der Waals surface area contributed by atoms with E-state index in [9.17, 15) is 5.11 Å². The Morgan fingerprint density at radius 3 is 2.80 bits per heavy atom. The molecule has 0 saturated heterocycles. The van der Waals surface area contributed by atoms with E-state index >= 15 is 0 Å². The van der Waals surface area contributed by atoms with Crippen LogP contribution in [0.15, 0.2) is 5.16 Å². The predicted octanol–water partition coefficient (Wildman–Crippen LogP) is 0.991. The van der Waals surface area contributed by atoms with E-state index in [0.29, 0.717) is 17.5 Å². The number of aryl methyl sites for hydroxylation is 1. The average Bonchev–Trinajstić information content (AvgIpc) is 2.58. The second-order valence-corrected chi connectivity index (χ2v) is 4.54. The van der Waals surface area contributed by atoms with Gasteiger partial charge < -0.3 is 9.84 Å². The summed E-state index contributed by atoms with van der Waals surface area (Å²) in [5.74, 6) is 1.33. The monoisotopic (exact) mass is 231 g/mol. The maximum absolute atomic E-state index is 9.55. The molecule has 1 unspecified atom stereocenters. The van der Waals surface area contributed by atoms with Gasteiger partial charge in [0.05, 0.1) is 18.8 Å². The molecule has 1 aromatic rings. The first-order valence-electron chi connectivity index (χ1n) is 4.89. The maximum atomic E-state index is 9.55. The van der Waals surface area contributed by atoms with Crippen LogP contribution in [0.1, 0.15) is 19.7 Å². The highest BCUT2D eigenvalue weighted by molar-refractivity contribution is 7.99. The highest BCUT2D eigenvalue weighted by Gasteiger charge is 2.08. The molecule has 0 radical (unpaired) electrons. The number of H-pyrrole nitrogens is 1. The molecule has 1 rings (SSSR count). The fourth-order valence-corrected chi connectivity index (χ4v) is 1.66. The van der Waals surface area contributed by atoms with Gasteiger partial charge in [0.25, 0.3) is 0 Å². The normalized spacial score (nSPS) is 13.4. The van der Waals surface area contributed by atoms with Gasteiger partial charge in [-0.05, 0) is 20.8 Å². The zero-order valence-corrected chi connectivity index (χ0v) is 10.0. The van der Waals surface area contributed by atoms with Crippen molar-refractivity contribution in [3.05, 3.63) is 5.82 Å². The topological polar surface area (TPSA) is 71.0 Å². The molecular formula is C9H17N3O2S. The van der Waals surface area contributed by atoms with Crippen molar-refractivity contribution in [1.29, 1.82) is 0 Å². The van der Waals surface area contributed by atoms with Crippen molar-refractivity contribution < 1.29 is 9.84 Å². The number of ether oxygens (including phenoxy) is 1. The molecule has 0 aliphatic carbocycles. The Labute approximate surface area is 93.6 Å². The fourth-order valence-electron chi connectivity index (χ4n) is 0.909. The van der Waals surface area contributed by atoms with Crippen LogP contribution >= 0.6 is 11.8 Å². The van der Waals surface area contributed by atoms with Crippen molar-refractivity contribution in [1.82, 2.24) is 15.2 Å². The summed E-state index contributed by atoms with van der Waals surface area (Å²) in [6.07, 6.45) is -0.327. The van der Waals surface area contributed by atoms with Crippen molar-refractivity contribution >= 4 is 11.8 Å². The number of hydrogen-bond acceptors (Lipinski definition) is 5. The van der Waals surface area contributed by atoms with Gasteiger partial charge >= 0.3 is 0 Å². The molecule has 1 atom stereocenters. The van der Waals surface area contributed by atoms with E-state index in [2.05, 4.69) is 15.2 Å². The third kappa shape index (κ3) is 5.15. The van der Waals surface area contributed by atoms with Crippen LogP contribution in [0, 0.1) is 6.92 Å². The summed E-state index contributed by atoms with van der Waals surface area (Å²) in [4.78, 5) is 4.12. The zero-order chi connectivity index (χ0) is 11.3. The summed E-state index contributed by atoms with van der Waals surface area (Å²) in [6.45, 7) is 6.08. The van der Waals surface area contributed by atoms with Crippen molar-refractivity contribution in [2.45, 2.75) is 38.1 Å². The van der Waals surface area contributed by atoms with Crippen LogP contribution < -0.4 is 0 Å². The van der Waals surface area contributed by atoms with Crippen molar-refractivity contribution in [2.75, 3.05) is 12.4 Å². The van der Waals surface area contributed by atoms with Crippen LogP contribution in [0.2, 0.25) is 0 Å². The number of nitrogens with zero attached hydrogens (tertiary/aromatic N) is 2. The van der Waals surface area contributed by atoms with E-state index < -0.39 is 6.10 Å². The Hall–Kier alpha value is -0.590. The van der Waals surface area contributed by atoms with Gasteiger partial charge in [-0.15, -0.1) is 5.10 Å². The molecule has 0 aliphatic heterocycles. The molecular weight excluding hydrogens is 214 g/mol. The van der Waals surface area contributed by atoms with E-state index in [-0.39, 0.29) is 6.10 Å². The van der Waals surface area contributed by atoms with Crippen LogP contribution in [-0.2, 0) is 4.74 Å². The molecule has 0 aromatic carbocycles. The molecule has 2 N–H and O–H groups in total. The third-order valence-corrected chi connectivity index (χ3v) is 2.60. The van der Waals surface area contributed by atoms with E-state index in [1.54, 1.807) is 0 Å². The second kappa shape index (κ2) is 6.09. The van der Waals surface area contributed by atoms with Gasteiger partial charge in [-0.3, -0.25) is 5.10 Å². The van der Waals surface area contributed by atoms with Crippen molar-refractivity contribution in [3.63, 3.8) is 0 Å². The Morgan fingerprint density at radius 2 is 2.27 bits per heavy atom. The first-order valence-corrected chi connectivity index (χ1v) is 5.88. The predicted molar refractivity (Wildman–Crippen MR) is 58.9 cm³/mol. The highest BCUT2D eigenvalue weighted by atomic mass is 32.2. The van der Waals surface area contributed by atoms with Gasteiger partial charge in [0.2, 0.25) is 5.16 Å². The smallest absolute Gasteiger partial charge is 0.208 e. The summed E-state index contributed by atoms with van der Waals surface area (Å²) in [7, 11) is 0. The Morgan fingerprint density at radius 1 is 1.53 bits per heavy atom. The molecule has 5 nitrogen and oxygen atoms in total. The average molecular weight is 231 g/mol. The lowest BCUT2D eigenvalue weighted by Gasteiger charge is -2.11. The molecule has 1 heterocycles. The zero-order valence-electron chi connectivity index (χ0n) is 9.23. The molecule has 0 amide bonds. The Bertz CT molecular complexity index is 291. The first-order chi connectivity index (χ1) is 7.08. The van der Waals surface area contributed by atoms with Gasteiger partial charge in [-0.1, -0.05) is 11.8 Å². The number of rotatable bonds is 6. The number of aliphatic hydroxyl groups is 1. The summed E-state index contributed by atoms with van der Waals surface area (Å²) < 4.78 is 5.29. The lowest BCUT2D eigenvalue weighted by atomic mass is 10.4. The van der Waals surface area contributed by atoms with Crippen molar-refractivity contribution in [2.24, 2.45) is 0 Å². The fraction of sp³-hybridized carbons (Fsp3) is 0.778. The van der Waals surface area contributed by atoms with Crippen LogP contribution in [-0.4, -0.2) is 44.9 Å². The van der Waals surface area contributed by atoms with Crippen LogP contribution in [0.25, 0.3) is 0 Å². The van der Waals surface area contributed by atoms with Crippen LogP contribution in [0.5, 0.6) is 0 Å². The number of aliphatic hydroxyl groups excluding tert-OH is 1. The molecule has 1 aromatic heterocycles. The lowest BCUT2D eigenvalue weighted by Crippen LogP contribution is -2.20.